The van der Waals surface area contributed by atoms with Gasteiger partial charge in [-0.05, 0) is 66.5 Å². The summed E-state index contributed by atoms with van der Waals surface area (Å²) in [5, 5.41) is 0. The first kappa shape index (κ1) is 27.1. The number of piperidine rings is 1. The first-order valence-electron chi connectivity index (χ1n) is 12.8. The van der Waals surface area contributed by atoms with Crippen molar-refractivity contribution in [2.24, 2.45) is 17.8 Å². The van der Waals surface area contributed by atoms with Crippen LogP contribution in [0.1, 0.15) is 69.6 Å². The normalized spacial score (nSPS) is 18.4. The number of rotatable bonds is 9. The number of carbonyl (C=O) groups is 1. The summed E-state index contributed by atoms with van der Waals surface area (Å²) in [5.41, 5.74) is 1.67. The van der Waals surface area contributed by atoms with E-state index >= 15 is 0 Å². The van der Waals surface area contributed by atoms with Crippen LogP contribution in [-0.4, -0.2) is 30.5 Å². The molecular formula is C29H38F3NO2. The smallest absolute Gasteiger partial charge is 0.416 e. The van der Waals surface area contributed by atoms with Crippen LogP contribution in [0.15, 0.2) is 48.5 Å². The Hall–Kier alpha value is -2.50. The predicted molar refractivity (Wildman–Crippen MR) is 133 cm³/mol. The van der Waals surface area contributed by atoms with Crippen molar-refractivity contribution in [2.45, 2.75) is 65.5 Å². The van der Waals surface area contributed by atoms with Crippen LogP contribution in [0.4, 0.5) is 13.2 Å². The number of likely N-dealkylation sites (tertiary alicyclic amines) is 1. The van der Waals surface area contributed by atoms with Gasteiger partial charge in [0.15, 0.2) is 0 Å². The third kappa shape index (κ3) is 7.49. The van der Waals surface area contributed by atoms with E-state index < -0.39 is 11.7 Å². The Morgan fingerprint density at radius 1 is 1.06 bits per heavy atom. The average Bonchev–Trinajstić information content (AvgIpc) is 2.83. The third-order valence-electron chi connectivity index (χ3n) is 7.05. The summed E-state index contributed by atoms with van der Waals surface area (Å²) >= 11 is 0. The molecule has 3 atom stereocenters. The Bertz CT molecular complexity index is 938. The monoisotopic (exact) mass is 489 g/mol. The molecule has 0 saturated carbocycles. The van der Waals surface area contributed by atoms with Gasteiger partial charge in [0.2, 0.25) is 5.91 Å². The van der Waals surface area contributed by atoms with Gasteiger partial charge in [0.25, 0.3) is 0 Å². The van der Waals surface area contributed by atoms with Gasteiger partial charge in [-0.3, -0.25) is 4.79 Å². The maximum absolute atomic E-state index is 13.6. The molecule has 6 heteroatoms. The van der Waals surface area contributed by atoms with Gasteiger partial charge in [0, 0.05) is 19.0 Å². The lowest BCUT2D eigenvalue weighted by atomic mass is 9.85. The minimum absolute atomic E-state index is 0.147. The minimum Gasteiger partial charge on any atom is -0.493 e. The molecule has 3 nitrogen and oxygen atoms in total. The van der Waals surface area contributed by atoms with Crippen LogP contribution in [0.2, 0.25) is 0 Å². The van der Waals surface area contributed by atoms with Crippen LogP contribution in [0, 0.1) is 17.8 Å². The van der Waals surface area contributed by atoms with E-state index in [0.717, 1.165) is 49.9 Å². The zero-order valence-corrected chi connectivity index (χ0v) is 21.3. The van der Waals surface area contributed by atoms with Crippen LogP contribution in [-0.2, 0) is 17.4 Å². The van der Waals surface area contributed by atoms with Crippen molar-refractivity contribution in [3.8, 4) is 5.75 Å². The molecule has 3 rings (SSSR count). The highest BCUT2D eigenvalue weighted by Crippen LogP contribution is 2.32. The fourth-order valence-electron chi connectivity index (χ4n) is 4.77. The van der Waals surface area contributed by atoms with E-state index in [2.05, 4.69) is 52.0 Å². The molecule has 0 aromatic heterocycles. The summed E-state index contributed by atoms with van der Waals surface area (Å²) in [6, 6.07) is 13.3. The Labute approximate surface area is 207 Å². The quantitative estimate of drug-likeness (QED) is 0.368. The number of hydrogen-bond acceptors (Lipinski definition) is 2. The van der Waals surface area contributed by atoms with Gasteiger partial charge in [-0.1, -0.05) is 58.4 Å². The molecular weight excluding hydrogens is 451 g/mol. The lowest BCUT2D eigenvalue weighted by molar-refractivity contribution is -0.137. The van der Waals surface area contributed by atoms with Crippen LogP contribution < -0.4 is 4.74 Å². The maximum Gasteiger partial charge on any atom is 0.416 e. The van der Waals surface area contributed by atoms with Crippen LogP contribution in [0.5, 0.6) is 5.75 Å². The van der Waals surface area contributed by atoms with E-state index in [9.17, 15) is 18.0 Å². The molecule has 0 spiro atoms. The number of carbonyl (C=O) groups excluding carboxylic acids is 1. The molecule has 1 aliphatic rings. The van der Waals surface area contributed by atoms with Crippen LogP contribution in [0.3, 0.4) is 0 Å². The molecule has 2 aromatic carbocycles. The van der Waals surface area contributed by atoms with Crippen LogP contribution >= 0.6 is 0 Å². The number of amides is 1. The van der Waals surface area contributed by atoms with Crippen molar-refractivity contribution >= 4 is 5.91 Å². The molecule has 0 radical (unpaired) electrons. The second kappa shape index (κ2) is 12.0. The van der Waals surface area contributed by atoms with Gasteiger partial charge < -0.3 is 9.64 Å². The van der Waals surface area contributed by atoms with Gasteiger partial charge in [0.05, 0.1) is 18.1 Å². The molecule has 0 bridgehead atoms. The van der Waals surface area contributed by atoms with Crippen molar-refractivity contribution in [1.82, 2.24) is 4.90 Å². The molecule has 1 heterocycles. The highest BCUT2D eigenvalue weighted by Gasteiger charge is 2.32. The summed E-state index contributed by atoms with van der Waals surface area (Å²) in [7, 11) is 0. The Morgan fingerprint density at radius 3 is 2.29 bits per heavy atom. The number of benzene rings is 2. The van der Waals surface area contributed by atoms with Crippen molar-refractivity contribution < 1.29 is 22.7 Å². The molecule has 2 aromatic rings. The topological polar surface area (TPSA) is 29.5 Å². The molecule has 1 saturated heterocycles. The summed E-state index contributed by atoms with van der Waals surface area (Å²) < 4.78 is 44.1. The summed E-state index contributed by atoms with van der Waals surface area (Å²) in [6.07, 6.45) is -0.339. The number of alkyl halides is 3. The van der Waals surface area contributed by atoms with E-state index in [1.165, 1.54) is 17.7 Å². The molecule has 1 amide bonds. The standard InChI is InChI=1S/C29H38F3NO2/c1-5-21(4)17-22-8-10-24(11-9-22)27(20(2)3)28(34)33-16-6-7-23(18-33)19-35-26-14-12-25(13-15-26)29(30,31)32/h8-15,20-21,23,27H,5-7,16-19H2,1-4H3. The van der Waals surface area contributed by atoms with Crippen molar-refractivity contribution in [3.05, 3.63) is 65.2 Å². The maximum atomic E-state index is 13.6. The first-order chi connectivity index (χ1) is 16.6. The van der Waals surface area contributed by atoms with Gasteiger partial charge in [-0.25, -0.2) is 0 Å². The lowest BCUT2D eigenvalue weighted by Gasteiger charge is -2.36. The molecule has 35 heavy (non-hydrogen) atoms. The number of halogens is 3. The second-order valence-electron chi connectivity index (χ2n) is 10.3. The number of hydrogen-bond donors (Lipinski definition) is 0. The molecule has 1 fully saturated rings. The Balaban J connectivity index is 1.61. The summed E-state index contributed by atoms with van der Waals surface area (Å²) in [5.74, 6) is 1.33. The third-order valence-corrected chi connectivity index (χ3v) is 7.05. The second-order valence-corrected chi connectivity index (χ2v) is 10.3. The fourth-order valence-corrected chi connectivity index (χ4v) is 4.77. The van der Waals surface area contributed by atoms with E-state index in [-0.39, 0.29) is 23.7 Å². The first-order valence-corrected chi connectivity index (χ1v) is 12.8. The Kier molecular flexibility index (Phi) is 9.26. The zero-order valence-electron chi connectivity index (χ0n) is 21.3. The van der Waals surface area contributed by atoms with E-state index in [0.29, 0.717) is 24.8 Å². The minimum atomic E-state index is -4.36. The van der Waals surface area contributed by atoms with Gasteiger partial charge in [-0.2, -0.15) is 13.2 Å². The molecule has 192 valence electrons. The fraction of sp³-hybridized carbons (Fsp3) is 0.552. The molecule has 1 aliphatic heterocycles. The number of ether oxygens (including phenoxy) is 1. The highest BCUT2D eigenvalue weighted by molar-refractivity contribution is 5.84. The van der Waals surface area contributed by atoms with Gasteiger partial charge >= 0.3 is 6.18 Å². The summed E-state index contributed by atoms with van der Waals surface area (Å²) in [4.78, 5) is 15.5. The van der Waals surface area contributed by atoms with E-state index in [4.69, 9.17) is 4.74 Å². The summed E-state index contributed by atoms with van der Waals surface area (Å²) in [6.45, 7) is 10.3. The lowest BCUT2D eigenvalue weighted by Crippen LogP contribution is -2.44. The van der Waals surface area contributed by atoms with Crippen molar-refractivity contribution in [3.63, 3.8) is 0 Å². The van der Waals surface area contributed by atoms with Gasteiger partial charge in [0.1, 0.15) is 5.75 Å². The highest BCUT2D eigenvalue weighted by atomic mass is 19.4. The van der Waals surface area contributed by atoms with Crippen molar-refractivity contribution in [2.75, 3.05) is 19.7 Å². The molecule has 0 aliphatic carbocycles. The Morgan fingerprint density at radius 2 is 1.71 bits per heavy atom. The predicted octanol–water partition coefficient (Wildman–Crippen LogP) is 7.35. The largest absolute Gasteiger partial charge is 0.493 e. The zero-order chi connectivity index (χ0) is 25.6. The van der Waals surface area contributed by atoms with Gasteiger partial charge in [-0.15, -0.1) is 0 Å². The number of nitrogens with zero attached hydrogens (tertiary/aromatic N) is 1. The average molecular weight is 490 g/mol. The molecule has 3 unspecified atom stereocenters. The van der Waals surface area contributed by atoms with E-state index in [1.807, 2.05) is 4.90 Å². The van der Waals surface area contributed by atoms with Crippen molar-refractivity contribution in [1.29, 1.82) is 0 Å². The van der Waals surface area contributed by atoms with Crippen LogP contribution in [0.25, 0.3) is 0 Å². The SMILES string of the molecule is CCC(C)Cc1ccc(C(C(=O)N2CCCC(COc3ccc(C(F)(F)F)cc3)C2)C(C)C)cc1. The van der Waals surface area contributed by atoms with E-state index in [1.54, 1.807) is 0 Å². The molecule has 0 N–H and O–H groups in total.